The van der Waals surface area contributed by atoms with Crippen LogP contribution in [-0.4, -0.2) is 67.6 Å². The number of aromatic nitrogens is 3. The Balaban J connectivity index is 1.63. The first kappa shape index (κ1) is 16.8. The number of rotatable bonds is 4. The van der Waals surface area contributed by atoms with Gasteiger partial charge < -0.3 is 30.3 Å². The first-order valence-electron chi connectivity index (χ1n) is 8.82. The summed E-state index contributed by atoms with van der Waals surface area (Å²) >= 11 is 0. The van der Waals surface area contributed by atoms with Gasteiger partial charge in [0.05, 0.1) is 26.4 Å². The Morgan fingerprint density at radius 2 is 1.27 bits per heavy atom. The summed E-state index contributed by atoms with van der Waals surface area (Å²) in [6.07, 6.45) is 0. The lowest BCUT2D eigenvalue weighted by molar-refractivity contribution is 0.121. The van der Waals surface area contributed by atoms with Crippen LogP contribution in [0.15, 0.2) is 24.3 Å². The van der Waals surface area contributed by atoms with Gasteiger partial charge in [0.25, 0.3) is 0 Å². The van der Waals surface area contributed by atoms with Crippen molar-refractivity contribution in [3.05, 3.63) is 24.3 Å². The van der Waals surface area contributed by atoms with E-state index in [2.05, 4.69) is 25.1 Å². The summed E-state index contributed by atoms with van der Waals surface area (Å²) in [4.78, 5) is 18.2. The predicted molar refractivity (Wildman–Crippen MR) is 100 cm³/mol. The molecule has 3 heterocycles. The van der Waals surface area contributed by atoms with Gasteiger partial charge in [-0.3, -0.25) is 0 Å². The van der Waals surface area contributed by atoms with Crippen LogP contribution in [0.25, 0.3) is 0 Å². The summed E-state index contributed by atoms with van der Waals surface area (Å²) < 4.78 is 10.9. The maximum absolute atomic E-state index is 5.76. The SMILES string of the molecule is Nc1ccc(Nc2nc(N3CCOCC3)nc(N3CCOCC3)n2)cc1. The van der Waals surface area contributed by atoms with E-state index in [9.17, 15) is 0 Å². The Hall–Kier alpha value is -2.65. The molecule has 0 radical (unpaired) electrons. The summed E-state index contributed by atoms with van der Waals surface area (Å²) in [5, 5.41) is 3.26. The molecule has 9 heteroatoms. The molecule has 2 fully saturated rings. The minimum atomic E-state index is 0.521. The smallest absolute Gasteiger partial charge is 0.233 e. The highest BCUT2D eigenvalue weighted by Gasteiger charge is 2.20. The molecule has 0 atom stereocenters. The fraction of sp³-hybridized carbons (Fsp3) is 0.471. The Morgan fingerprint density at radius 3 is 1.77 bits per heavy atom. The maximum Gasteiger partial charge on any atom is 0.233 e. The van der Waals surface area contributed by atoms with E-state index in [4.69, 9.17) is 20.2 Å². The zero-order valence-electron chi connectivity index (χ0n) is 14.6. The second-order valence-corrected chi connectivity index (χ2v) is 6.20. The molecule has 9 nitrogen and oxygen atoms in total. The molecular weight excluding hydrogens is 334 g/mol. The molecule has 138 valence electrons. The van der Waals surface area contributed by atoms with Crippen LogP contribution in [0, 0.1) is 0 Å². The zero-order valence-corrected chi connectivity index (χ0v) is 14.6. The van der Waals surface area contributed by atoms with E-state index >= 15 is 0 Å². The van der Waals surface area contributed by atoms with Gasteiger partial charge in [-0.2, -0.15) is 15.0 Å². The van der Waals surface area contributed by atoms with Crippen molar-refractivity contribution in [2.24, 2.45) is 0 Å². The van der Waals surface area contributed by atoms with Crippen molar-refractivity contribution in [3.8, 4) is 0 Å². The molecule has 0 spiro atoms. The molecule has 0 saturated carbocycles. The van der Waals surface area contributed by atoms with Crippen LogP contribution >= 0.6 is 0 Å². The topological polar surface area (TPSA) is 102 Å². The lowest BCUT2D eigenvalue weighted by Gasteiger charge is -2.30. The van der Waals surface area contributed by atoms with Gasteiger partial charge in [0.1, 0.15) is 0 Å². The van der Waals surface area contributed by atoms with Crippen molar-refractivity contribution in [1.29, 1.82) is 0 Å². The van der Waals surface area contributed by atoms with Crippen LogP contribution in [0.4, 0.5) is 29.2 Å². The number of ether oxygens (including phenoxy) is 2. The average molecular weight is 357 g/mol. The molecule has 3 N–H and O–H groups in total. The van der Waals surface area contributed by atoms with Crippen LogP contribution in [0.1, 0.15) is 0 Å². The van der Waals surface area contributed by atoms with E-state index in [0.29, 0.717) is 50.0 Å². The molecule has 0 aliphatic carbocycles. The maximum atomic E-state index is 5.76. The normalized spacial score (nSPS) is 18.0. The van der Waals surface area contributed by atoms with E-state index < -0.39 is 0 Å². The molecule has 2 aliphatic heterocycles. The average Bonchev–Trinajstić information content (AvgIpc) is 2.71. The third-order valence-corrected chi connectivity index (χ3v) is 4.37. The number of nitrogens with one attached hydrogen (secondary N) is 1. The van der Waals surface area contributed by atoms with Crippen molar-refractivity contribution in [1.82, 2.24) is 15.0 Å². The van der Waals surface area contributed by atoms with Gasteiger partial charge in [-0.05, 0) is 24.3 Å². The number of anilines is 5. The number of nitrogens with two attached hydrogens (primary N) is 1. The van der Waals surface area contributed by atoms with Crippen molar-refractivity contribution in [2.45, 2.75) is 0 Å². The van der Waals surface area contributed by atoms with Crippen LogP contribution in [0.3, 0.4) is 0 Å². The fourth-order valence-corrected chi connectivity index (χ4v) is 2.91. The van der Waals surface area contributed by atoms with E-state index in [1.54, 1.807) is 0 Å². The minimum Gasteiger partial charge on any atom is -0.399 e. The highest BCUT2D eigenvalue weighted by atomic mass is 16.5. The standard InChI is InChI=1S/C17H23N7O2/c18-13-1-3-14(4-2-13)19-15-20-16(23-5-9-25-10-6-23)22-17(21-15)24-7-11-26-12-8-24/h1-4H,5-12,18H2,(H,19,20,21,22). The Labute approximate surface area is 152 Å². The van der Waals surface area contributed by atoms with Crippen LogP contribution in [0.5, 0.6) is 0 Å². The molecular formula is C17H23N7O2. The molecule has 2 aromatic rings. The largest absolute Gasteiger partial charge is 0.399 e. The Morgan fingerprint density at radius 1 is 0.769 bits per heavy atom. The van der Waals surface area contributed by atoms with Gasteiger partial charge in [-0.15, -0.1) is 0 Å². The number of nitrogen functional groups attached to an aromatic ring is 1. The molecule has 1 aromatic carbocycles. The second kappa shape index (κ2) is 7.71. The van der Waals surface area contributed by atoms with Gasteiger partial charge in [0.2, 0.25) is 17.8 Å². The van der Waals surface area contributed by atoms with Gasteiger partial charge in [0.15, 0.2) is 0 Å². The van der Waals surface area contributed by atoms with E-state index in [1.165, 1.54) is 0 Å². The van der Waals surface area contributed by atoms with Crippen LogP contribution in [0.2, 0.25) is 0 Å². The molecule has 0 amide bonds. The first-order chi connectivity index (χ1) is 12.8. The van der Waals surface area contributed by atoms with Gasteiger partial charge in [-0.25, -0.2) is 0 Å². The molecule has 0 bridgehead atoms. The molecule has 1 aromatic heterocycles. The first-order valence-corrected chi connectivity index (χ1v) is 8.82. The minimum absolute atomic E-state index is 0.521. The van der Waals surface area contributed by atoms with Gasteiger partial charge in [0, 0.05) is 37.6 Å². The second-order valence-electron chi connectivity index (χ2n) is 6.20. The van der Waals surface area contributed by atoms with Crippen LogP contribution in [-0.2, 0) is 9.47 Å². The highest BCUT2D eigenvalue weighted by molar-refractivity contribution is 5.59. The molecule has 2 saturated heterocycles. The van der Waals surface area contributed by atoms with E-state index in [1.807, 2.05) is 24.3 Å². The summed E-state index contributed by atoms with van der Waals surface area (Å²) in [6.45, 7) is 5.81. The third kappa shape index (κ3) is 3.94. The summed E-state index contributed by atoms with van der Waals surface area (Å²) in [7, 11) is 0. The zero-order chi connectivity index (χ0) is 17.8. The monoisotopic (exact) mass is 357 g/mol. The van der Waals surface area contributed by atoms with E-state index in [0.717, 1.165) is 31.9 Å². The van der Waals surface area contributed by atoms with Crippen molar-refractivity contribution < 1.29 is 9.47 Å². The van der Waals surface area contributed by atoms with Gasteiger partial charge >= 0.3 is 0 Å². The van der Waals surface area contributed by atoms with E-state index in [-0.39, 0.29) is 0 Å². The predicted octanol–water partition coefficient (Wildman–Crippen LogP) is 0.871. The van der Waals surface area contributed by atoms with Crippen molar-refractivity contribution in [3.63, 3.8) is 0 Å². The Kier molecular flexibility index (Phi) is 4.98. The molecule has 0 unspecified atom stereocenters. The van der Waals surface area contributed by atoms with Crippen molar-refractivity contribution in [2.75, 3.05) is 73.5 Å². The van der Waals surface area contributed by atoms with Crippen molar-refractivity contribution >= 4 is 29.2 Å². The lowest BCUT2D eigenvalue weighted by atomic mass is 10.3. The number of morpholine rings is 2. The quantitative estimate of drug-likeness (QED) is 0.772. The Bertz CT molecular complexity index is 692. The van der Waals surface area contributed by atoms with Crippen LogP contribution < -0.4 is 20.9 Å². The molecule has 2 aliphatic rings. The highest BCUT2D eigenvalue weighted by Crippen LogP contribution is 2.21. The number of benzene rings is 1. The molecule has 26 heavy (non-hydrogen) atoms. The van der Waals surface area contributed by atoms with Gasteiger partial charge in [-0.1, -0.05) is 0 Å². The number of hydrogen-bond acceptors (Lipinski definition) is 9. The molecule has 4 rings (SSSR count). The number of nitrogens with zero attached hydrogens (tertiary/aromatic N) is 5. The summed E-state index contributed by atoms with van der Waals surface area (Å²) in [5.41, 5.74) is 7.35. The number of hydrogen-bond donors (Lipinski definition) is 2. The summed E-state index contributed by atoms with van der Waals surface area (Å²) in [6, 6.07) is 7.49. The third-order valence-electron chi connectivity index (χ3n) is 4.37. The lowest BCUT2D eigenvalue weighted by Crippen LogP contribution is -2.40. The summed E-state index contributed by atoms with van der Waals surface area (Å²) in [5.74, 6) is 1.86. The fourth-order valence-electron chi connectivity index (χ4n) is 2.91.